The van der Waals surface area contributed by atoms with Crippen molar-refractivity contribution in [3.8, 4) is 0 Å². The Balaban J connectivity index is 2.80. The second-order valence-electron chi connectivity index (χ2n) is 5.45. The predicted octanol–water partition coefficient (Wildman–Crippen LogP) is 4.05. The summed E-state index contributed by atoms with van der Waals surface area (Å²) in [5.41, 5.74) is 2.34. The third kappa shape index (κ3) is 5.24. The molecule has 0 saturated carbocycles. The van der Waals surface area contributed by atoms with E-state index < -0.39 is 0 Å². The molecular weight excluding hydrogens is 248 g/mol. The zero-order valence-electron chi connectivity index (χ0n) is 13.3. The first-order chi connectivity index (χ1) is 9.58. The summed E-state index contributed by atoms with van der Waals surface area (Å²) in [6.07, 6.45) is 4.75. The van der Waals surface area contributed by atoms with E-state index in [0.29, 0.717) is 12.6 Å². The molecule has 1 N–H and O–H groups in total. The summed E-state index contributed by atoms with van der Waals surface area (Å²) in [5, 5.41) is 3.66. The fourth-order valence-electron chi connectivity index (χ4n) is 2.37. The lowest BCUT2D eigenvalue weighted by Crippen LogP contribution is -2.25. The van der Waals surface area contributed by atoms with E-state index in [1.807, 2.05) is 13.1 Å². The molecule has 3 heteroatoms. The Morgan fingerprint density at radius 1 is 1.20 bits per heavy atom. The lowest BCUT2D eigenvalue weighted by Gasteiger charge is -2.23. The highest BCUT2D eigenvalue weighted by atomic mass is 16.2. The van der Waals surface area contributed by atoms with Crippen LogP contribution in [-0.2, 0) is 11.3 Å². The lowest BCUT2D eigenvalue weighted by atomic mass is 10.0. The Kier molecular flexibility index (Phi) is 7.13. The minimum atomic E-state index is 0.0958. The SMILES string of the molecule is CCCC(CCC)Nc1ccccc1CN(C)C(C)=O. The molecule has 0 radical (unpaired) electrons. The van der Waals surface area contributed by atoms with Gasteiger partial charge in [0.2, 0.25) is 5.91 Å². The molecule has 0 atom stereocenters. The number of carbonyl (C=O) groups excluding carboxylic acids is 1. The third-order valence-electron chi connectivity index (χ3n) is 3.60. The van der Waals surface area contributed by atoms with Crippen molar-refractivity contribution in [2.75, 3.05) is 12.4 Å². The summed E-state index contributed by atoms with van der Waals surface area (Å²) in [6, 6.07) is 8.81. The molecule has 0 spiro atoms. The molecule has 1 aromatic carbocycles. The highest BCUT2D eigenvalue weighted by Crippen LogP contribution is 2.20. The largest absolute Gasteiger partial charge is 0.382 e. The lowest BCUT2D eigenvalue weighted by molar-refractivity contribution is -0.128. The second kappa shape index (κ2) is 8.62. The highest BCUT2D eigenvalue weighted by Gasteiger charge is 2.11. The fraction of sp³-hybridized carbons (Fsp3) is 0.588. The van der Waals surface area contributed by atoms with Crippen molar-refractivity contribution < 1.29 is 4.79 Å². The minimum absolute atomic E-state index is 0.0958. The first kappa shape index (κ1) is 16.5. The maximum atomic E-state index is 11.4. The average Bonchev–Trinajstić information content (AvgIpc) is 2.41. The van der Waals surface area contributed by atoms with Gasteiger partial charge in [-0.15, -0.1) is 0 Å². The monoisotopic (exact) mass is 276 g/mol. The quantitative estimate of drug-likeness (QED) is 0.777. The van der Waals surface area contributed by atoms with Gasteiger partial charge in [-0.1, -0.05) is 44.9 Å². The molecular formula is C17H28N2O. The van der Waals surface area contributed by atoms with Gasteiger partial charge in [-0.2, -0.15) is 0 Å². The van der Waals surface area contributed by atoms with E-state index >= 15 is 0 Å². The van der Waals surface area contributed by atoms with Crippen LogP contribution >= 0.6 is 0 Å². The van der Waals surface area contributed by atoms with Gasteiger partial charge in [-0.25, -0.2) is 0 Å². The molecule has 0 bridgehead atoms. The Morgan fingerprint density at radius 3 is 2.35 bits per heavy atom. The molecule has 0 aromatic heterocycles. The van der Waals surface area contributed by atoms with Crippen LogP contribution in [-0.4, -0.2) is 23.9 Å². The maximum Gasteiger partial charge on any atom is 0.219 e. The van der Waals surface area contributed by atoms with Gasteiger partial charge in [-0.05, 0) is 24.5 Å². The molecule has 3 nitrogen and oxygen atoms in total. The van der Waals surface area contributed by atoms with Crippen molar-refractivity contribution in [1.82, 2.24) is 4.90 Å². The molecule has 0 fully saturated rings. The number of anilines is 1. The van der Waals surface area contributed by atoms with E-state index in [-0.39, 0.29) is 5.91 Å². The Hall–Kier alpha value is -1.51. The zero-order chi connectivity index (χ0) is 15.0. The summed E-state index contributed by atoms with van der Waals surface area (Å²) in [7, 11) is 1.84. The molecule has 1 rings (SSSR count). The number of nitrogens with zero attached hydrogens (tertiary/aromatic N) is 1. The molecule has 1 amide bonds. The molecule has 0 saturated heterocycles. The first-order valence-electron chi connectivity index (χ1n) is 7.64. The minimum Gasteiger partial charge on any atom is -0.382 e. The Labute approximate surface area is 123 Å². The predicted molar refractivity (Wildman–Crippen MR) is 85.8 cm³/mol. The molecule has 20 heavy (non-hydrogen) atoms. The first-order valence-corrected chi connectivity index (χ1v) is 7.64. The van der Waals surface area contributed by atoms with E-state index in [1.165, 1.54) is 31.2 Å². The van der Waals surface area contributed by atoms with Crippen LogP contribution in [0, 0.1) is 0 Å². The summed E-state index contributed by atoms with van der Waals surface area (Å²) in [6.45, 7) is 6.70. The summed E-state index contributed by atoms with van der Waals surface area (Å²) in [4.78, 5) is 13.1. The smallest absolute Gasteiger partial charge is 0.219 e. The third-order valence-corrected chi connectivity index (χ3v) is 3.60. The van der Waals surface area contributed by atoms with Crippen molar-refractivity contribution in [2.24, 2.45) is 0 Å². The standard InChI is InChI=1S/C17H28N2O/c1-5-9-16(10-6-2)18-17-12-8-7-11-15(17)13-19(4)14(3)20/h7-8,11-12,16,18H,5-6,9-10,13H2,1-4H3. The number of hydrogen-bond acceptors (Lipinski definition) is 2. The van der Waals surface area contributed by atoms with Crippen LogP contribution < -0.4 is 5.32 Å². The van der Waals surface area contributed by atoms with E-state index in [4.69, 9.17) is 0 Å². The summed E-state index contributed by atoms with van der Waals surface area (Å²) >= 11 is 0. The second-order valence-corrected chi connectivity index (χ2v) is 5.45. The molecule has 0 heterocycles. The van der Waals surface area contributed by atoms with Crippen molar-refractivity contribution in [3.63, 3.8) is 0 Å². The zero-order valence-corrected chi connectivity index (χ0v) is 13.3. The van der Waals surface area contributed by atoms with Crippen molar-refractivity contribution in [3.05, 3.63) is 29.8 Å². The number of para-hydroxylation sites is 1. The van der Waals surface area contributed by atoms with Crippen LogP contribution in [0.5, 0.6) is 0 Å². The number of benzene rings is 1. The van der Waals surface area contributed by atoms with Gasteiger partial charge in [0.05, 0.1) is 0 Å². The van der Waals surface area contributed by atoms with Crippen molar-refractivity contribution in [2.45, 2.75) is 59.0 Å². The fourth-order valence-corrected chi connectivity index (χ4v) is 2.37. The number of nitrogens with one attached hydrogen (secondary N) is 1. The highest BCUT2D eigenvalue weighted by molar-refractivity contribution is 5.73. The molecule has 0 aliphatic rings. The number of hydrogen-bond donors (Lipinski definition) is 1. The van der Waals surface area contributed by atoms with Gasteiger partial charge in [0, 0.05) is 32.2 Å². The van der Waals surface area contributed by atoms with Crippen molar-refractivity contribution in [1.29, 1.82) is 0 Å². The maximum absolute atomic E-state index is 11.4. The summed E-state index contributed by atoms with van der Waals surface area (Å²) in [5.74, 6) is 0.0958. The molecule has 0 aliphatic carbocycles. The van der Waals surface area contributed by atoms with Gasteiger partial charge >= 0.3 is 0 Å². The Bertz CT molecular complexity index is 411. The molecule has 1 aromatic rings. The molecule has 0 unspecified atom stereocenters. The Morgan fingerprint density at radius 2 is 1.80 bits per heavy atom. The number of amides is 1. The topological polar surface area (TPSA) is 32.3 Å². The van der Waals surface area contributed by atoms with Gasteiger partial charge < -0.3 is 10.2 Å². The number of rotatable bonds is 8. The van der Waals surface area contributed by atoms with Crippen LogP contribution in [0.3, 0.4) is 0 Å². The number of carbonyl (C=O) groups is 1. The summed E-state index contributed by atoms with van der Waals surface area (Å²) < 4.78 is 0. The van der Waals surface area contributed by atoms with E-state index in [9.17, 15) is 4.79 Å². The average molecular weight is 276 g/mol. The van der Waals surface area contributed by atoms with E-state index in [2.05, 4.69) is 37.4 Å². The van der Waals surface area contributed by atoms with Gasteiger partial charge in [0.15, 0.2) is 0 Å². The van der Waals surface area contributed by atoms with Gasteiger partial charge in [0.25, 0.3) is 0 Å². The van der Waals surface area contributed by atoms with Crippen molar-refractivity contribution >= 4 is 11.6 Å². The van der Waals surface area contributed by atoms with Crippen LogP contribution in [0.1, 0.15) is 52.0 Å². The van der Waals surface area contributed by atoms with Crippen LogP contribution in [0.25, 0.3) is 0 Å². The van der Waals surface area contributed by atoms with Gasteiger partial charge in [0.1, 0.15) is 0 Å². The van der Waals surface area contributed by atoms with E-state index in [1.54, 1.807) is 11.8 Å². The van der Waals surface area contributed by atoms with Crippen LogP contribution in [0.15, 0.2) is 24.3 Å². The van der Waals surface area contributed by atoms with Crippen LogP contribution in [0.2, 0.25) is 0 Å². The van der Waals surface area contributed by atoms with Gasteiger partial charge in [-0.3, -0.25) is 4.79 Å². The molecule has 0 aliphatic heterocycles. The van der Waals surface area contributed by atoms with Crippen LogP contribution in [0.4, 0.5) is 5.69 Å². The normalized spacial score (nSPS) is 10.7. The molecule has 112 valence electrons. The van der Waals surface area contributed by atoms with E-state index in [0.717, 1.165) is 5.69 Å².